The van der Waals surface area contributed by atoms with E-state index in [1.807, 2.05) is 0 Å². The lowest BCUT2D eigenvalue weighted by Crippen LogP contribution is -2.06. The fraction of sp³-hybridized carbons (Fsp3) is 0.0769. The standard InChI is InChI=1S/C13H12FN3O/c1-9(18)16-10-6-7-13(15-8-10)17-12-5-3-2-4-11(12)14/h2-8H,1H3,(H,15,17)(H,16,18). The van der Waals surface area contributed by atoms with Crippen molar-refractivity contribution in [1.82, 2.24) is 4.98 Å². The quantitative estimate of drug-likeness (QED) is 0.874. The second kappa shape index (κ2) is 5.27. The lowest BCUT2D eigenvalue weighted by molar-refractivity contribution is -0.114. The molecule has 0 aliphatic rings. The largest absolute Gasteiger partial charge is 0.338 e. The SMILES string of the molecule is CC(=O)Nc1ccc(Nc2ccccc2F)nc1. The highest BCUT2D eigenvalue weighted by atomic mass is 19.1. The van der Waals surface area contributed by atoms with Gasteiger partial charge in [-0.25, -0.2) is 9.37 Å². The molecule has 1 amide bonds. The predicted molar refractivity (Wildman–Crippen MR) is 68.2 cm³/mol. The molecule has 0 saturated carbocycles. The number of carbonyl (C=O) groups excluding carboxylic acids is 1. The fourth-order valence-corrected chi connectivity index (χ4v) is 1.45. The first-order valence-electron chi connectivity index (χ1n) is 5.40. The predicted octanol–water partition coefficient (Wildman–Crippen LogP) is 2.92. The second-order valence-corrected chi connectivity index (χ2v) is 3.72. The normalized spacial score (nSPS) is 9.89. The third kappa shape index (κ3) is 3.04. The van der Waals surface area contributed by atoms with Gasteiger partial charge >= 0.3 is 0 Å². The summed E-state index contributed by atoms with van der Waals surface area (Å²) in [5.41, 5.74) is 0.957. The van der Waals surface area contributed by atoms with E-state index < -0.39 is 0 Å². The molecule has 2 N–H and O–H groups in total. The zero-order valence-electron chi connectivity index (χ0n) is 9.77. The summed E-state index contributed by atoms with van der Waals surface area (Å²) in [5.74, 6) is 0.00560. The molecule has 4 nitrogen and oxygen atoms in total. The third-order valence-electron chi connectivity index (χ3n) is 2.22. The summed E-state index contributed by atoms with van der Waals surface area (Å²) in [6, 6.07) is 9.70. The maximum atomic E-state index is 13.4. The molecule has 1 aromatic carbocycles. The van der Waals surface area contributed by atoms with Crippen LogP contribution in [-0.2, 0) is 4.79 Å². The van der Waals surface area contributed by atoms with Gasteiger partial charge in [-0.05, 0) is 24.3 Å². The summed E-state index contributed by atoms with van der Waals surface area (Å²) >= 11 is 0. The van der Waals surface area contributed by atoms with Crippen LogP contribution in [-0.4, -0.2) is 10.9 Å². The molecule has 0 aliphatic carbocycles. The first kappa shape index (κ1) is 12.0. The Bertz CT molecular complexity index is 554. The van der Waals surface area contributed by atoms with Crippen molar-refractivity contribution < 1.29 is 9.18 Å². The lowest BCUT2D eigenvalue weighted by Gasteiger charge is -2.07. The van der Waals surface area contributed by atoms with Crippen LogP contribution in [0.5, 0.6) is 0 Å². The molecular formula is C13H12FN3O. The highest BCUT2D eigenvalue weighted by Crippen LogP contribution is 2.18. The van der Waals surface area contributed by atoms with E-state index in [4.69, 9.17) is 0 Å². The van der Waals surface area contributed by atoms with E-state index in [2.05, 4.69) is 15.6 Å². The number of nitrogens with zero attached hydrogens (tertiary/aromatic N) is 1. The fourth-order valence-electron chi connectivity index (χ4n) is 1.45. The Labute approximate surface area is 104 Å². The number of halogens is 1. The van der Waals surface area contributed by atoms with Gasteiger partial charge in [0, 0.05) is 6.92 Å². The summed E-state index contributed by atoms with van der Waals surface area (Å²) in [6.45, 7) is 1.42. The van der Waals surface area contributed by atoms with Gasteiger partial charge in [-0.2, -0.15) is 0 Å². The monoisotopic (exact) mass is 245 g/mol. The Morgan fingerprint density at radius 3 is 2.61 bits per heavy atom. The van der Waals surface area contributed by atoms with Crippen LogP contribution >= 0.6 is 0 Å². The number of aromatic nitrogens is 1. The Morgan fingerprint density at radius 2 is 2.00 bits per heavy atom. The van der Waals surface area contributed by atoms with Gasteiger partial charge in [0.05, 0.1) is 17.6 Å². The van der Waals surface area contributed by atoms with Gasteiger partial charge in [-0.1, -0.05) is 12.1 Å². The number of rotatable bonds is 3. The molecule has 2 aromatic rings. The minimum atomic E-state index is -0.342. The van der Waals surface area contributed by atoms with Crippen molar-refractivity contribution in [2.24, 2.45) is 0 Å². The molecule has 0 atom stereocenters. The lowest BCUT2D eigenvalue weighted by atomic mass is 10.3. The molecule has 0 bridgehead atoms. The van der Waals surface area contributed by atoms with Crippen LogP contribution in [0.2, 0.25) is 0 Å². The number of nitrogens with one attached hydrogen (secondary N) is 2. The Hall–Kier alpha value is -2.43. The summed E-state index contributed by atoms with van der Waals surface area (Å²) in [6.07, 6.45) is 1.50. The molecule has 1 heterocycles. The Kier molecular flexibility index (Phi) is 3.52. The summed E-state index contributed by atoms with van der Waals surface area (Å²) in [7, 11) is 0. The molecule has 0 saturated heterocycles. The number of hydrogen-bond acceptors (Lipinski definition) is 3. The van der Waals surface area contributed by atoms with E-state index in [1.54, 1.807) is 30.3 Å². The number of pyridine rings is 1. The van der Waals surface area contributed by atoms with Crippen molar-refractivity contribution in [2.45, 2.75) is 6.92 Å². The number of anilines is 3. The summed E-state index contributed by atoms with van der Waals surface area (Å²) in [5, 5.41) is 5.46. The van der Waals surface area contributed by atoms with Gasteiger partial charge in [0.15, 0.2) is 0 Å². The second-order valence-electron chi connectivity index (χ2n) is 3.72. The third-order valence-corrected chi connectivity index (χ3v) is 2.22. The average Bonchev–Trinajstić information content (AvgIpc) is 2.34. The van der Waals surface area contributed by atoms with E-state index in [0.29, 0.717) is 17.2 Å². The maximum absolute atomic E-state index is 13.4. The minimum absolute atomic E-state index is 0.161. The van der Waals surface area contributed by atoms with Crippen molar-refractivity contribution in [2.75, 3.05) is 10.6 Å². The smallest absolute Gasteiger partial charge is 0.221 e. The van der Waals surface area contributed by atoms with Crippen molar-refractivity contribution in [3.05, 3.63) is 48.4 Å². The van der Waals surface area contributed by atoms with Crippen molar-refractivity contribution in [3.63, 3.8) is 0 Å². The molecular weight excluding hydrogens is 233 g/mol. The molecule has 0 unspecified atom stereocenters. The number of amides is 1. The average molecular weight is 245 g/mol. The van der Waals surface area contributed by atoms with Gasteiger partial charge in [0.25, 0.3) is 0 Å². The number of benzene rings is 1. The molecule has 2 rings (SSSR count). The van der Waals surface area contributed by atoms with Gasteiger partial charge in [-0.3, -0.25) is 4.79 Å². The molecule has 18 heavy (non-hydrogen) atoms. The molecule has 92 valence electrons. The van der Waals surface area contributed by atoms with Gasteiger partial charge in [-0.15, -0.1) is 0 Å². The van der Waals surface area contributed by atoms with Crippen molar-refractivity contribution in [3.8, 4) is 0 Å². The zero-order chi connectivity index (χ0) is 13.0. The van der Waals surface area contributed by atoms with E-state index in [-0.39, 0.29) is 11.7 Å². The van der Waals surface area contributed by atoms with Gasteiger partial charge < -0.3 is 10.6 Å². The zero-order valence-corrected chi connectivity index (χ0v) is 9.77. The van der Waals surface area contributed by atoms with Gasteiger partial charge in [0.1, 0.15) is 11.6 Å². The van der Waals surface area contributed by atoms with E-state index in [0.717, 1.165) is 0 Å². The van der Waals surface area contributed by atoms with Crippen LogP contribution in [0.4, 0.5) is 21.6 Å². The van der Waals surface area contributed by atoms with E-state index in [9.17, 15) is 9.18 Å². The van der Waals surface area contributed by atoms with Crippen LogP contribution in [0, 0.1) is 5.82 Å². The van der Waals surface area contributed by atoms with Gasteiger partial charge in [0.2, 0.25) is 5.91 Å². The van der Waals surface area contributed by atoms with E-state index >= 15 is 0 Å². The van der Waals surface area contributed by atoms with Crippen LogP contribution in [0.1, 0.15) is 6.92 Å². The number of para-hydroxylation sites is 1. The van der Waals surface area contributed by atoms with E-state index in [1.165, 1.54) is 19.2 Å². The van der Waals surface area contributed by atoms with Crippen LogP contribution < -0.4 is 10.6 Å². The summed E-state index contributed by atoms with van der Waals surface area (Å²) in [4.78, 5) is 14.9. The molecule has 1 aromatic heterocycles. The topological polar surface area (TPSA) is 54.0 Å². The highest BCUT2D eigenvalue weighted by Gasteiger charge is 2.02. The van der Waals surface area contributed by atoms with Crippen LogP contribution in [0.15, 0.2) is 42.6 Å². The van der Waals surface area contributed by atoms with Crippen molar-refractivity contribution >= 4 is 23.1 Å². The molecule has 0 aliphatic heterocycles. The Morgan fingerprint density at radius 1 is 1.22 bits per heavy atom. The number of hydrogen-bond donors (Lipinski definition) is 2. The first-order valence-corrected chi connectivity index (χ1v) is 5.40. The van der Waals surface area contributed by atoms with Crippen LogP contribution in [0.3, 0.4) is 0 Å². The van der Waals surface area contributed by atoms with Crippen molar-refractivity contribution in [1.29, 1.82) is 0 Å². The molecule has 0 radical (unpaired) electrons. The molecule has 0 fully saturated rings. The first-order chi connectivity index (χ1) is 8.65. The van der Waals surface area contributed by atoms with Crippen LogP contribution in [0.25, 0.3) is 0 Å². The Balaban J connectivity index is 2.11. The summed E-state index contributed by atoms with van der Waals surface area (Å²) < 4.78 is 13.4. The maximum Gasteiger partial charge on any atom is 0.221 e. The molecule has 0 spiro atoms. The molecule has 5 heteroatoms. The highest BCUT2D eigenvalue weighted by molar-refractivity contribution is 5.88. The number of carbonyl (C=O) groups is 1. The minimum Gasteiger partial charge on any atom is -0.338 e.